The molecule has 2 aromatic heterocycles. The van der Waals surface area contributed by atoms with Gasteiger partial charge in [0.15, 0.2) is 0 Å². The zero-order valence-electron chi connectivity index (χ0n) is 9.45. The number of pyridine rings is 1. The lowest BCUT2D eigenvalue weighted by Crippen LogP contribution is -2.01. The van der Waals surface area contributed by atoms with E-state index in [9.17, 15) is 0 Å². The number of aromatic amines is 1. The molecule has 0 radical (unpaired) electrons. The number of nitrogens with zero attached hydrogens (tertiary/aromatic N) is 1. The predicted octanol–water partition coefficient (Wildman–Crippen LogP) is 2.78. The summed E-state index contributed by atoms with van der Waals surface area (Å²) in [5.41, 5.74) is 3.58. The Morgan fingerprint density at radius 2 is 2.38 bits per heavy atom. The van der Waals surface area contributed by atoms with E-state index in [4.69, 9.17) is 4.74 Å². The summed E-state index contributed by atoms with van der Waals surface area (Å²) in [6.45, 7) is 2.23. The van der Waals surface area contributed by atoms with E-state index in [0.717, 1.165) is 11.9 Å². The van der Waals surface area contributed by atoms with E-state index in [0.29, 0.717) is 11.8 Å². The van der Waals surface area contributed by atoms with Crippen LogP contribution in [0.4, 0.5) is 0 Å². The molecule has 82 valence electrons. The Hall–Kier alpha value is -1.77. The fourth-order valence-corrected chi connectivity index (χ4v) is 2.34. The van der Waals surface area contributed by atoms with Crippen LogP contribution in [0.3, 0.4) is 0 Å². The maximum atomic E-state index is 5.27. The molecular weight excluding hydrogens is 200 g/mol. The van der Waals surface area contributed by atoms with Crippen LogP contribution >= 0.6 is 0 Å². The van der Waals surface area contributed by atoms with E-state index in [1.165, 1.54) is 16.6 Å². The van der Waals surface area contributed by atoms with Gasteiger partial charge < -0.3 is 9.72 Å². The third-order valence-corrected chi connectivity index (χ3v) is 3.14. The average molecular weight is 214 g/mol. The molecule has 1 aliphatic carbocycles. The van der Waals surface area contributed by atoms with Crippen molar-refractivity contribution in [2.24, 2.45) is 5.92 Å². The third-order valence-electron chi connectivity index (χ3n) is 3.14. The van der Waals surface area contributed by atoms with Gasteiger partial charge >= 0.3 is 0 Å². The van der Waals surface area contributed by atoms with Crippen molar-refractivity contribution in [1.82, 2.24) is 9.97 Å². The third kappa shape index (κ3) is 1.24. The lowest BCUT2D eigenvalue weighted by molar-refractivity contribution is 0.402. The van der Waals surface area contributed by atoms with Crippen LogP contribution in [0, 0.1) is 5.92 Å². The largest absolute Gasteiger partial charge is 0.479 e. The van der Waals surface area contributed by atoms with Crippen LogP contribution < -0.4 is 4.74 Å². The van der Waals surface area contributed by atoms with Crippen molar-refractivity contribution in [3.63, 3.8) is 0 Å². The Morgan fingerprint density at radius 3 is 3.19 bits per heavy atom. The first-order valence-corrected chi connectivity index (χ1v) is 5.51. The second-order valence-corrected chi connectivity index (χ2v) is 4.30. The minimum absolute atomic E-state index is 0.602. The summed E-state index contributed by atoms with van der Waals surface area (Å²) in [6, 6.07) is 2.05. The monoisotopic (exact) mass is 214 g/mol. The number of allylic oxidation sites excluding steroid dienone is 1. The van der Waals surface area contributed by atoms with Crippen LogP contribution in [-0.4, -0.2) is 17.1 Å². The van der Waals surface area contributed by atoms with Crippen molar-refractivity contribution < 1.29 is 4.74 Å². The lowest BCUT2D eigenvalue weighted by atomic mass is 9.94. The topological polar surface area (TPSA) is 37.9 Å². The van der Waals surface area contributed by atoms with Gasteiger partial charge in [-0.2, -0.15) is 0 Å². The van der Waals surface area contributed by atoms with Gasteiger partial charge in [0.2, 0.25) is 5.88 Å². The number of hydrogen-bond donors (Lipinski definition) is 1. The van der Waals surface area contributed by atoms with E-state index in [-0.39, 0.29) is 0 Å². The van der Waals surface area contributed by atoms with Gasteiger partial charge in [0.1, 0.15) is 5.52 Å². The van der Waals surface area contributed by atoms with Gasteiger partial charge in [-0.1, -0.05) is 13.0 Å². The normalized spacial score (nSPS) is 18.8. The first-order chi connectivity index (χ1) is 7.79. The van der Waals surface area contributed by atoms with Gasteiger partial charge in [0.25, 0.3) is 0 Å². The van der Waals surface area contributed by atoms with Crippen molar-refractivity contribution >= 4 is 17.0 Å². The average Bonchev–Trinajstić information content (AvgIpc) is 2.67. The highest BCUT2D eigenvalue weighted by molar-refractivity contribution is 5.90. The molecule has 1 aliphatic rings. The van der Waals surface area contributed by atoms with Gasteiger partial charge in [-0.05, 0) is 30.0 Å². The lowest BCUT2D eigenvalue weighted by Gasteiger charge is -2.11. The highest BCUT2D eigenvalue weighted by Crippen LogP contribution is 2.32. The molecule has 2 aromatic rings. The van der Waals surface area contributed by atoms with Crippen molar-refractivity contribution in [3.05, 3.63) is 29.6 Å². The molecule has 1 N–H and O–H groups in total. The number of hydrogen-bond acceptors (Lipinski definition) is 2. The smallest absolute Gasteiger partial charge is 0.238 e. The summed E-state index contributed by atoms with van der Waals surface area (Å²) >= 11 is 0. The molecular formula is C13H14N2O. The number of rotatable bonds is 1. The summed E-state index contributed by atoms with van der Waals surface area (Å²) in [7, 11) is 1.65. The Kier molecular flexibility index (Phi) is 1.99. The number of nitrogens with one attached hydrogen (secondary N) is 1. The molecule has 0 aromatic carbocycles. The van der Waals surface area contributed by atoms with Crippen molar-refractivity contribution in [1.29, 1.82) is 0 Å². The molecule has 0 amide bonds. The Bertz CT molecular complexity index is 569. The molecule has 16 heavy (non-hydrogen) atoms. The van der Waals surface area contributed by atoms with E-state index < -0.39 is 0 Å². The van der Waals surface area contributed by atoms with Crippen LogP contribution in [0.15, 0.2) is 18.3 Å². The molecule has 3 heteroatoms. The van der Waals surface area contributed by atoms with E-state index in [2.05, 4.69) is 35.1 Å². The van der Waals surface area contributed by atoms with Gasteiger partial charge in [-0.3, -0.25) is 0 Å². The van der Waals surface area contributed by atoms with Gasteiger partial charge in [0, 0.05) is 17.3 Å². The molecule has 0 aliphatic heterocycles. The zero-order valence-corrected chi connectivity index (χ0v) is 9.45. The molecule has 0 saturated heterocycles. The van der Waals surface area contributed by atoms with E-state index in [1.807, 2.05) is 0 Å². The first kappa shape index (κ1) is 9.46. The fourth-order valence-electron chi connectivity index (χ4n) is 2.34. The minimum Gasteiger partial charge on any atom is -0.479 e. The van der Waals surface area contributed by atoms with Crippen molar-refractivity contribution in [3.8, 4) is 5.88 Å². The first-order valence-electron chi connectivity index (χ1n) is 5.51. The SMILES string of the molecule is COc1nccc2c3c([nH]c12)C=CC(C)C3. The summed E-state index contributed by atoms with van der Waals surface area (Å²) in [4.78, 5) is 7.59. The van der Waals surface area contributed by atoms with E-state index in [1.54, 1.807) is 13.3 Å². The minimum atomic E-state index is 0.602. The Labute approximate surface area is 94.1 Å². The van der Waals surface area contributed by atoms with Crippen molar-refractivity contribution in [2.75, 3.05) is 7.11 Å². The maximum absolute atomic E-state index is 5.27. The molecule has 2 heterocycles. The van der Waals surface area contributed by atoms with Crippen LogP contribution in [-0.2, 0) is 6.42 Å². The van der Waals surface area contributed by atoms with Gasteiger partial charge in [-0.15, -0.1) is 0 Å². The molecule has 1 atom stereocenters. The van der Waals surface area contributed by atoms with Crippen LogP contribution in [0.1, 0.15) is 18.2 Å². The molecule has 0 fully saturated rings. The van der Waals surface area contributed by atoms with Gasteiger partial charge in [-0.25, -0.2) is 4.98 Å². The van der Waals surface area contributed by atoms with Crippen molar-refractivity contribution in [2.45, 2.75) is 13.3 Å². The second-order valence-electron chi connectivity index (χ2n) is 4.30. The number of fused-ring (bicyclic) bond motifs is 3. The van der Waals surface area contributed by atoms with Crippen LogP contribution in [0.5, 0.6) is 5.88 Å². The summed E-state index contributed by atoms with van der Waals surface area (Å²) in [5, 5.41) is 1.23. The molecule has 0 bridgehead atoms. The molecule has 0 saturated carbocycles. The number of ether oxygens (including phenoxy) is 1. The number of aromatic nitrogens is 2. The predicted molar refractivity (Wildman–Crippen MR) is 64.5 cm³/mol. The van der Waals surface area contributed by atoms with E-state index >= 15 is 0 Å². The highest BCUT2D eigenvalue weighted by Gasteiger charge is 2.17. The molecule has 1 unspecified atom stereocenters. The summed E-state index contributed by atoms with van der Waals surface area (Å²) in [6.07, 6.45) is 7.28. The Balaban J connectivity index is 2.30. The van der Waals surface area contributed by atoms with Crippen LogP contribution in [0.2, 0.25) is 0 Å². The molecule has 0 spiro atoms. The summed E-state index contributed by atoms with van der Waals surface area (Å²) in [5.74, 6) is 1.28. The fraction of sp³-hybridized carbons (Fsp3) is 0.308. The number of methoxy groups -OCH3 is 1. The zero-order chi connectivity index (χ0) is 11.1. The molecule has 3 rings (SSSR count). The molecule has 3 nitrogen and oxygen atoms in total. The highest BCUT2D eigenvalue weighted by atomic mass is 16.5. The second kappa shape index (κ2) is 3.37. The Morgan fingerprint density at radius 1 is 1.50 bits per heavy atom. The van der Waals surface area contributed by atoms with Gasteiger partial charge in [0.05, 0.1) is 7.11 Å². The standard InChI is InChI=1S/C13H14N2O/c1-8-3-4-11-10(7-8)9-5-6-14-13(16-2)12(9)15-11/h3-6,8,15H,7H2,1-2H3. The van der Waals surface area contributed by atoms with Crippen LogP contribution in [0.25, 0.3) is 17.0 Å². The quantitative estimate of drug-likeness (QED) is 0.792. The maximum Gasteiger partial charge on any atom is 0.238 e. The number of H-pyrrole nitrogens is 1. The summed E-state index contributed by atoms with van der Waals surface area (Å²) < 4.78 is 5.27.